The molecule has 0 N–H and O–H groups in total. The average molecular weight is 290 g/mol. The molecule has 0 radical (unpaired) electrons. The van der Waals surface area contributed by atoms with Gasteiger partial charge in [0.1, 0.15) is 0 Å². The molecule has 0 aliphatic heterocycles. The highest BCUT2D eigenvalue weighted by atomic mass is 16.5. The number of nitriles is 1. The normalized spacial score (nSPS) is 11.9. The number of methoxy groups -OCH3 is 2. The molecule has 0 bridgehead atoms. The minimum absolute atomic E-state index is 0.0454. The number of rotatable bonds is 9. The summed E-state index contributed by atoms with van der Waals surface area (Å²) in [6.45, 7) is 1.75. The maximum Gasteiger partial charge on any atom is 0.306 e. The summed E-state index contributed by atoms with van der Waals surface area (Å²) in [4.78, 5) is 13.5. The second-order valence-electron chi connectivity index (χ2n) is 4.64. The molecule has 114 valence electrons. The van der Waals surface area contributed by atoms with Crippen LogP contribution < -0.4 is 0 Å². The summed E-state index contributed by atoms with van der Waals surface area (Å²) >= 11 is 0. The average Bonchev–Trinajstić information content (AvgIpc) is 2.53. The molecule has 1 atom stereocenters. The van der Waals surface area contributed by atoms with Crippen LogP contribution in [0.5, 0.6) is 0 Å². The van der Waals surface area contributed by atoms with E-state index in [9.17, 15) is 4.79 Å². The monoisotopic (exact) mass is 290 g/mol. The van der Waals surface area contributed by atoms with Gasteiger partial charge in [0.15, 0.2) is 0 Å². The second kappa shape index (κ2) is 9.92. The smallest absolute Gasteiger partial charge is 0.306 e. The standard InChI is InChI=1S/C16H22N2O3/c1-20-13-12-18(11-9-16(19)21-2)15(8-10-17)14-6-4-3-5-7-14/h3-7,15H,8-9,11-13H2,1-2H3. The Hall–Kier alpha value is -1.90. The minimum Gasteiger partial charge on any atom is -0.469 e. The number of carbonyl (C=O) groups excluding carboxylic acids is 1. The lowest BCUT2D eigenvalue weighted by Crippen LogP contribution is -2.34. The molecule has 1 aromatic rings. The summed E-state index contributed by atoms with van der Waals surface area (Å²) in [7, 11) is 3.02. The van der Waals surface area contributed by atoms with Crippen molar-refractivity contribution in [1.29, 1.82) is 5.26 Å². The number of esters is 1. The number of hydrogen-bond acceptors (Lipinski definition) is 5. The molecule has 0 saturated carbocycles. The zero-order chi connectivity index (χ0) is 15.5. The van der Waals surface area contributed by atoms with Gasteiger partial charge in [-0.05, 0) is 5.56 Å². The molecule has 0 saturated heterocycles. The maximum absolute atomic E-state index is 11.4. The topological polar surface area (TPSA) is 62.6 Å². The lowest BCUT2D eigenvalue weighted by Gasteiger charge is -2.30. The summed E-state index contributed by atoms with van der Waals surface area (Å²) in [6.07, 6.45) is 0.671. The Morgan fingerprint density at radius 1 is 1.29 bits per heavy atom. The Labute approximate surface area is 126 Å². The number of hydrogen-bond donors (Lipinski definition) is 0. The van der Waals surface area contributed by atoms with Crippen LogP contribution in [0, 0.1) is 11.3 Å². The fourth-order valence-electron chi connectivity index (χ4n) is 2.19. The van der Waals surface area contributed by atoms with Crippen LogP contribution in [0.4, 0.5) is 0 Å². The van der Waals surface area contributed by atoms with Crippen molar-refractivity contribution in [2.24, 2.45) is 0 Å². The molecular weight excluding hydrogens is 268 g/mol. The van der Waals surface area contributed by atoms with Gasteiger partial charge in [0.25, 0.3) is 0 Å². The predicted molar refractivity (Wildman–Crippen MR) is 79.5 cm³/mol. The van der Waals surface area contributed by atoms with Gasteiger partial charge in [0.2, 0.25) is 0 Å². The fourth-order valence-corrected chi connectivity index (χ4v) is 2.19. The van der Waals surface area contributed by atoms with E-state index >= 15 is 0 Å². The van der Waals surface area contributed by atoms with E-state index in [2.05, 4.69) is 15.7 Å². The first-order valence-corrected chi connectivity index (χ1v) is 6.94. The first-order chi connectivity index (χ1) is 10.2. The molecule has 21 heavy (non-hydrogen) atoms. The van der Waals surface area contributed by atoms with Crippen LogP contribution in [0.3, 0.4) is 0 Å². The fraction of sp³-hybridized carbons (Fsp3) is 0.500. The van der Waals surface area contributed by atoms with Crippen molar-refractivity contribution in [3.63, 3.8) is 0 Å². The van der Waals surface area contributed by atoms with E-state index in [0.29, 0.717) is 32.5 Å². The first-order valence-electron chi connectivity index (χ1n) is 6.94. The molecule has 1 rings (SSSR count). The van der Waals surface area contributed by atoms with Crippen LogP contribution in [0.1, 0.15) is 24.4 Å². The molecule has 0 aliphatic rings. The first kappa shape index (κ1) is 17.2. The number of nitrogens with zero attached hydrogens (tertiary/aromatic N) is 2. The van der Waals surface area contributed by atoms with Crippen molar-refractivity contribution in [1.82, 2.24) is 4.90 Å². The van der Waals surface area contributed by atoms with Crippen molar-refractivity contribution >= 4 is 5.97 Å². The minimum atomic E-state index is -0.249. The third-order valence-electron chi connectivity index (χ3n) is 3.32. The van der Waals surface area contributed by atoms with Gasteiger partial charge in [-0.15, -0.1) is 0 Å². The molecule has 0 aliphatic carbocycles. The highest BCUT2D eigenvalue weighted by Crippen LogP contribution is 2.24. The molecule has 0 fully saturated rings. The highest BCUT2D eigenvalue weighted by molar-refractivity contribution is 5.69. The number of ether oxygens (including phenoxy) is 2. The highest BCUT2D eigenvalue weighted by Gasteiger charge is 2.20. The molecule has 0 heterocycles. The zero-order valence-corrected chi connectivity index (χ0v) is 12.6. The Morgan fingerprint density at radius 2 is 2.00 bits per heavy atom. The second-order valence-corrected chi connectivity index (χ2v) is 4.64. The van der Waals surface area contributed by atoms with Gasteiger partial charge in [0.05, 0.1) is 32.6 Å². The van der Waals surface area contributed by atoms with Crippen LogP contribution in [0.2, 0.25) is 0 Å². The molecule has 1 unspecified atom stereocenters. The van der Waals surface area contributed by atoms with Crippen LogP contribution in [-0.2, 0) is 14.3 Å². The Morgan fingerprint density at radius 3 is 2.57 bits per heavy atom. The third-order valence-corrected chi connectivity index (χ3v) is 3.32. The SMILES string of the molecule is COCCN(CCC(=O)OC)C(CC#N)c1ccccc1. The lowest BCUT2D eigenvalue weighted by molar-refractivity contribution is -0.141. The summed E-state index contributed by atoms with van der Waals surface area (Å²) in [5.41, 5.74) is 1.07. The van der Waals surface area contributed by atoms with E-state index in [4.69, 9.17) is 10.00 Å². The van der Waals surface area contributed by atoms with Crippen LogP contribution in [-0.4, -0.2) is 44.8 Å². The van der Waals surface area contributed by atoms with Gasteiger partial charge >= 0.3 is 5.97 Å². The Bertz CT molecular complexity index is 456. The van der Waals surface area contributed by atoms with Crippen molar-refractivity contribution in [3.05, 3.63) is 35.9 Å². The Kier molecular flexibility index (Phi) is 8.10. The van der Waals surface area contributed by atoms with Gasteiger partial charge in [-0.3, -0.25) is 9.69 Å². The Balaban J connectivity index is 2.84. The van der Waals surface area contributed by atoms with E-state index < -0.39 is 0 Å². The van der Waals surface area contributed by atoms with Gasteiger partial charge in [0, 0.05) is 26.2 Å². The van der Waals surface area contributed by atoms with Crippen molar-refractivity contribution < 1.29 is 14.3 Å². The van der Waals surface area contributed by atoms with E-state index in [1.807, 2.05) is 30.3 Å². The van der Waals surface area contributed by atoms with Crippen LogP contribution in [0.15, 0.2) is 30.3 Å². The molecule has 0 aromatic heterocycles. The van der Waals surface area contributed by atoms with Crippen molar-refractivity contribution in [3.8, 4) is 6.07 Å². The quantitative estimate of drug-likeness (QED) is 0.652. The summed E-state index contributed by atoms with van der Waals surface area (Å²) in [6, 6.07) is 12.0. The molecule has 0 spiro atoms. The molecule has 1 aromatic carbocycles. The molecular formula is C16H22N2O3. The maximum atomic E-state index is 11.4. The van der Waals surface area contributed by atoms with Crippen LogP contribution in [0.25, 0.3) is 0 Å². The summed E-state index contributed by atoms with van der Waals surface area (Å²) in [5, 5.41) is 9.10. The van der Waals surface area contributed by atoms with Gasteiger partial charge in [-0.2, -0.15) is 5.26 Å². The number of carbonyl (C=O) groups is 1. The molecule has 0 amide bonds. The molecule has 5 heteroatoms. The van der Waals surface area contributed by atoms with E-state index in [1.165, 1.54) is 7.11 Å². The van der Waals surface area contributed by atoms with Crippen molar-refractivity contribution in [2.45, 2.75) is 18.9 Å². The lowest BCUT2D eigenvalue weighted by atomic mass is 10.0. The largest absolute Gasteiger partial charge is 0.469 e. The summed E-state index contributed by atoms with van der Waals surface area (Å²) < 4.78 is 9.82. The van der Waals surface area contributed by atoms with E-state index in [0.717, 1.165) is 5.56 Å². The third kappa shape index (κ3) is 5.94. The summed E-state index contributed by atoms with van der Waals surface area (Å²) in [5.74, 6) is -0.249. The van der Waals surface area contributed by atoms with Crippen molar-refractivity contribution in [2.75, 3.05) is 33.9 Å². The van der Waals surface area contributed by atoms with Crippen LogP contribution >= 0.6 is 0 Å². The van der Waals surface area contributed by atoms with E-state index in [-0.39, 0.29) is 12.0 Å². The zero-order valence-electron chi connectivity index (χ0n) is 12.6. The van der Waals surface area contributed by atoms with Gasteiger partial charge < -0.3 is 9.47 Å². The van der Waals surface area contributed by atoms with Gasteiger partial charge in [-0.25, -0.2) is 0 Å². The number of benzene rings is 1. The van der Waals surface area contributed by atoms with Gasteiger partial charge in [-0.1, -0.05) is 30.3 Å². The van der Waals surface area contributed by atoms with E-state index in [1.54, 1.807) is 7.11 Å². The predicted octanol–water partition coefficient (Wildman–Crippen LogP) is 2.15. The molecule has 5 nitrogen and oxygen atoms in total.